The van der Waals surface area contributed by atoms with Crippen LogP contribution in [0.3, 0.4) is 0 Å². The maximum absolute atomic E-state index is 12.6. The van der Waals surface area contributed by atoms with E-state index in [1.54, 1.807) is 6.07 Å². The maximum Gasteiger partial charge on any atom is 0.240 e. The molecular weight excluding hydrogens is 468 g/mol. The smallest absolute Gasteiger partial charge is 0.240 e. The Labute approximate surface area is 196 Å². The lowest BCUT2D eigenvalue weighted by Crippen LogP contribution is -2.47. The number of carbonyl (C=O) groups excluding carboxylic acids is 1. The van der Waals surface area contributed by atoms with E-state index in [0.29, 0.717) is 16.7 Å². The summed E-state index contributed by atoms with van der Waals surface area (Å²) in [5, 5.41) is 4.10. The summed E-state index contributed by atoms with van der Waals surface area (Å²) < 4.78 is 27.1. The van der Waals surface area contributed by atoms with Gasteiger partial charge in [-0.05, 0) is 55.8 Å². The molecule has 1 fully saturated rings. The lowest BCUT2D eigenvalue weighted by Gasteiger charge is -2.39. The van der Waals surface area contributed by atoms with Crippen molar-refractivity contribution < 1.29 is 13.2 Å². The number of fused-ring (bicyclic) bond motifs is 3. The van der Waals surface area contributed by atoms with Gasteiger partial charge >= 0.3 is 0 Å². The van der Waals surface area contributed by atoms with Crippen LogP contribution in [0.25, 0.3) is 10.2 Å². The molecule has 5 rings (SSSR count). The number of carbonyl (C=O) groups is 1. The predicted molar refractivity (Wildman–Crippen MR) is 129 cm³/mol. The molecule has 1 N–H and O–H groups in total. The highest BCUT2D eigenvalue weighted by Crippen LogP contribution is 2.47. The number of likely N-dealkylation sites (tertiary alicyclic amines) is 1. The first-order chi connectivity index (χ1) is 15.2. The molecule has 0 aliphatic carbocycles. The maximum atomic E-state index is 12.6. The average molecular weight is 491 g/mol. The van der Waals surface area contributed by atoms with E-state index in [2.05, 4.69) is 15.2 Å². The highest BCUT2D eigenvalue weighted by atomic mass is 35.5. The number of piperidine rings is 1. The minimum atomic E-state index is -3.33. The fraction of sp³-hybridized carbons (Fsp3) is 0.364. The van der Waals surface area contributed by atoms with Gasteiger partial charge in [0.15, 0.2) is 5.13 Å². The molecule has 2 aliphatic heterocycles. The number of halogens is 1. The number of sulfonamides is 1. The molecule has 168 valence electrons. The van der Waals surface area contributed by atoms with E-state index in [9.17, 15) is 13.2 Å². The minimum absolute atomic E-state index is 0.101. The zero-order valence-electron chi connectivity index (χ0n) is 17.5. The van der Waals surface area contributed by atoms with Gasteiger partial charge in [-0.3, -0.25) is 14.0 Å². The molecule has 1 spiro atoms. The molecule has 0 atom stereocenters. The van der Waals surface area contributed by atoms with E-state index in [1.165, 1.54) is 21.9 Å². The first kappa shape index (κ1) is 21.6. The van der Waals surface area contributed by atoms with Gasteiger partial charge in [-0.2, -0.15) is 0 Å². The number of nitrogens with zero attached hydrogens (tertiary/aromatic N) is 3. The highest BCUT2D eigenvalue weighted by molar-refractivity contribution is 7.92. The van der Waals surface area contributed by atoms with Crippen molar-refractivity contribution in [3.05, 3.63) is 53.1 Å². The number of hydrogen-bond donors (Lipinski definition) is 1. The normalized spacial score (nSPS) is 18.2. The number of thiazole rings is 1. The molecule has 1 saturated heterocycles. The number of rotatable bonds is 4. The molecule has 0 radical (unpaired) electrons. The van der Waals surface area contributed by atoms with Crippen LogP contribution in [-0.4, -0.2) is 56.6 Å². The van der Waals surface area contributed by atoms with Crippen LogP contribution in [0.5, 0.6) is 0 Å². The quantitative estimate of drug-likeness (QED) is 0.603. The van der Waals surface area contributed by atoms with Crippen molar-refractivity contribution in [1.82, 2.24) is 9.88 Å². The number of benzene rings is 2. The predicted octanol–water partition coefficient (Wildman–Crippen LogP) is 3.70. The lowest BCUT2D eigenvalue weighted by molar-refractivity contribution is -0.117. The van der Waals surface area contributed by atoms with Gasteiger partial charge in [0, 0.05) is 17.0 Å². The summed E-state index contributed by atoms with van der Waals surface area (Å²) in [4.78, 5) is 19.2. The fourth-order valence-corrected chi connectivity index (χ4v) is 6.92. The number of para-hydroxylation sites is 1. The zero-order valence-corrected chi connectivity index (χ0v) is 19.9. The fourth-order valence-electron chi connectivity index (χ4n) is 4.76. The Morgan fingerprint density at radius 1 is 1.22 bits per heavy atom. The number of hydrogen-bond acceptors (Lipinski definition) is 6. The summed E-state index contributed by atoms with van der Waals surface area (Å²) in [5.41, 5.74) is 2.50. The first-order valence-corrected chi connectivity index (χ1v) is 13.4. The molecule has 1 aromatic heterocycles. The van der Waals surface area contributed by atoms with Crippen molar-refractivity contribution >= 4 is 59.9 Å². The second kappa shape index (κ2) is 7.98. The van der Waals surface area contributed by atoms with Gasteiger partial charge in [-0.25, -0.2) is 13.4 Å². The summed E-state index contributed by atoms with van der Waals surface area (Å²) in [5.74, 6) is -0.101. The van der Waals surface area contributed by atoms with Crippen molar-refractivity contribution in [3.63, 3.8) is 0 Å². The van der Waals surface area contributed by atoms with Crippen molar-refractivity contribution in [2.24, 2.45) is 0 Å². The molecule has 3 heterocycles. The Bertz CT molecular complexity index is 1300. The molecule has 0 unspecified atom stereocenters. The monoisotopic (exact) mass is 490 g/mol. The summed E-state index contributed by atoms with van der Waals surface area (Å²) >= 11 is 7.43. The summed E-state index contributed by atoms with van der Waals surface area (Å²) in [6.45, 7) is 2.22. The van der Waals surface area contributed by atoms with Crippen LogP contribution in [-0.2, 0) is 20.2 Å². The van der Waals surface area contributed by atoms with Gasteiger partial charge in [0.1, 0.15) is 0 Å². The molecule has 3 aromatic rings. The van der Waals surface area contributed by atoms with Crippen molar-refractivity contribution in [2.45, 2.75) is 18.3 Å². The molecule has 32 heavy (non-hydrogen) atoms. The van der Waals surface area contributed by atoms with Gasteiger partial charge < -0.3 is 5.32 Å². The van der Waals surface area contributed by atoms with Crippen molar-refractivity contribution in [1.29, 1.82) is 0 Å². The Balaban J connectivity index is 1.24. The van der Waals surface area contributed by atoms with E-state index >= 15 is 0 Å². The van der Waals surface area contributed by atoms with E-state index < -0.39 is 10.0 Å². The zero-order chi connectivity index (χ0) is 22.5. The molecule has 1 amide bonds. The van der Waals surface area contributed by atoms with Crippen LogP contribution in [0.1, 0.15) is 18.4 Å². The Morgan fingerprint density at radius 2 is 1.97 bits per heavy atom. The van der Waals surface area contributed by atoms with Crippen LogP contribution in [0.15, 0.2) is 42.5 Å². The van der Waals surface area contributed by atoms with Gasteiger partial charge in [-0.1, -0.05) is 41.1 Å². The summed E-state index contributed by atoms with van der Waals surface area (Å²) in [7, 11) is -3.33. The number of amides is 1. The molecule has 2 aromatic carbocycles. The number of nitrogens with one attached hydrogen (secondary N) is 1. The Hall–Kier alpha value is -2.20. The van der Waals surface area contributed by atoms with Crippen LogP contribution >= 0.6 is 22.9 Å². The third kappa shape index (κ3) is 3.98. The lowest BCUT2D eigenvalue weighted by atomic mass is 9.74. The average Bonchev–Trinajstić information content (AvgIpc) is 3.28. The van der Waals surface area contributed by atoms with E-state index in [1.807, 2.05) is 36.4 Å². The van der Waals surface area contributed by atoms with Crippen molar-refractivity contribution in [2.75, 3.05) is 42.1 Å². The molecule has 7 nitrogen and oxygen atoms in total. The van der Waals surface area contributed by atoms with Gasteiger partial charge in [0.2, 0.25) is 15.9 Å². The largest absolute Gasteiger partial charge is 0.301 e. The molecule has 0 bridgehead atoms. The van der Waals surface area contributed by atoms with E-state index in [4.69, 9.17) is 11.6 Å². The summed E-state index contributed by atoms with van der Waals surface area (Å²) in [6.07, 6.45) is 2.88. The second-order valence-electron chi connectivity index (χ2n) is 8.52. The van der Waals surface area contributed by atoms with E-state index in [0.717, 1.165) is 47.4 Å². The third-order valence-electron chi connectivity index (χ3n) is 6.37. The molecular formula is C22H23ClN4O3S2. The van der Waals surface area contributed by atoms with Crippen molar-refractivity contribution in [3.8, 4) is 0 Å². The van der Waals surface area contributed by atoms with E-state index in [-0.39, 0.29) is 17.9 Å². The second-order valence-corrected chi connectivity index (χ2v) is 11.9. The Kier molecular flexibility index (Phi) is 5.40. The summed E-state index contributed by atoms with van der Waals surface area (Å²) in [6, 6.07) is 13.2. The number of aromatic nitrogens is 1. The molecule has 2 aliphatic rings. The standard InChI is InChI=1S/C22H23ClN4O3S2/c1-32(29,30)27-14-22(16-4-2-3-5-18(16)27)8-10-26(11-9-22)13-20(28)25-21-24-17-7-6-15(23)12-19(17)31-21/h2-7,12H,8-11,13-14H2,1H3,(H,24,25,28). The molecule has 10 heteroatoms. The van der Waals surface area contributed by atoms with Gasteiger partial charge in [0.25, 0.3) is 0 Å². The minimum Gasteiger partial charge on any atom is -0.301 e. The van der Waals surface area contributed by atoms with Gasteiger partial charge in [0.05, 0.1) is 28.7 Å². The first-order valence-electron chi connectivity index (χ1n) is 10.4. The topological polar surface area (TPSA) is 82.6 Å². The highest BCUT2D eigenvalue weighted by Gasteiger charge is 2.46. The van der Waals surface area contributed by atoms with Crippen LogP contribution in [0, 0.1) is 0 Å². The Morgan fingerprint density at radius 3 is 2.72 bits per heavy atom. The SMILES string of the molecule is CS(=O)(=O)N1CC2(CCN(CC(=O)Nc3nc4ccc(Cl)cc4s3)CC2)c2ccccc21. The van der Waals surface area contributed by atoms with Crippen LogP contribution in [0.2, 0.25) is 5.02 Å². The molecule has 0 saturated carbocycles. The van der Waals surface area contributed by atoms with Crippen LogP contribution < -0.4 is 9.62 Å². The third-order valence-corrected chi connectivity index (χ3v) is 8.66. The van der Waals surface area contributed by atoms with Crippen LogP contribution in [0.4, 0.5) is 10.8 Å². The number of anilines is 2. The van der Waals surface area contributed by atoms with Gasteiger partial charge in [-0.15, -0.1) is 0 Å².